The van der Waals surface area contributed by atoms with E-state index in [0.717, 1.165) is 0 Å². The minimum atomic E-state index is -1.20. The van der Waals surface area contributed by atoms with Gasteiger partial charge in [0.25, 0.3) is 0 Å². The van der Waals surface area contributed by atoms with Gasteiger partial charge in [-0.15, -0.1) is 0 Å². The zero-order chi connectivity index (χ0) is 14.4. The molecule has 1 aliphatic rings. The first-order valence-corrected chi connectivity index (χ1v) is 6.09. The lowest BCUT2D eigenvalue weighted by molar-refractivity contribution is -0.0511. The molecule has 9 nitrogen and oxygen atoms in total. The molecule has 1 fully saturated rings. The molecule has 0 spiro atoms. The molecule has 0 bridgehead atoms. The first kappa shape index (κ1) is 13.2. The molecular weight excluding hydrogens is 266 g/mol. The van der Waals surface area contributed by atoms with Crippen molar-refractivity contribution in [1.82, 2.24) is 19.1 Å². The van der Waals surface area contributed by atoms with Crippen LogP contribution in [0.3, 0.4) is 0 Å². The highest BCUT2D eigenvalue weighted by Crippen LogP contribution is 2.30. The van der Waals surface area contributed by atoms with Crippen molar-refractivity contribution in [2.24, 2.45) is 7.05 Å². The zero-order valence-corrected chi connectivity index (χ0v) is 10.7. The highest BCUT2D eigenvalue weighted by molar-refractivity contribution is 5.68. The highest BCUT2D eigenvalue weighted by atomic mass is 16.6. The van der Waals surface area contributed by atoms with Crippen LogP contribution in [-0.4, -0.2) is 59.3 Å². The predicted octanol–water partition coefficient (Wildman–Crippen LogP) is -2.14. The van der Waals surface area contributed by atoms with Crippen LogP contribution in [-0.2, 0) is 11.8 Å². The zero-order valence-electron chi connectivity index (χ0n) is 10.7. The van der Waals surface area contributed by atoms with Gasteiger partial charge in [0.2, 0.25) is 0 Å². The van der Waals surface area contributed by atoms with Gasteiger partial charge in [-0.3, -0.25) is 9.98 Å². The maximum Gasteiger partial charge on any atom is 0.167 e. The fourth-order valence-corrected chi connectivity index (χ4v) is 2.31. The Hall–Kier alpha value is -1.81. The molecule has 3 heterocycles. The lowest BCUT2D eigenvalue weighted by Crippen LogP contribution is -2.33. The van der Waals surface area contributed by atoms with E-state index >= 15 is 0 Å². The molecule has 9 heteroatoms. The second kappa shape index (κ2) is 4.63. The molecule has 108 valence electrons. The number of nitrogens with zero attached hydrogens (tertiary/aromatic N) is 4. The van der Waals surface area contributed by atoms with Gasteiger partial charge in [-0.1, -0.05) is 0 Å². The fraction of sp³-hybridized carbons (Fsp3) is 0.545. The Morgan fingerprint density at radius 2 is 2.05 bits per heavy atom. The number of fused-ring (bicyclic) bond motifs is 1. The monoisotopic (exact) mass is 281 g/mol. The molecule has 3 rings (SSSR count). The molecule has 4 N–H and O–H groups in total. The van der Waals surface area contributed by atoms with E-state index < -0.39 is 31.1 Å². The van der Waals surface area contributed by atoms with Crippen LogP contribution in [0, 0.1) is 5.41 Å². The molecule has 2 aromatic heterocycles. The molecule has 0 aliphatic carbocycles. The quantitative estimate of drug-likeness (QED) is 0.497. The van der Waals surface area contributed by atoms with Gasteiger partial charge in [0.05, 0.1) is 19.3 Å². The standard InChI is InChI=1S/C11H15N5O4/c1-15-3-14-10-6(9(15)12)13-4-16(10)11-8(19)7(18)5(2-17)20-11/h3-5,7-8,11-12,17-19H,2H2,1H3. The fourth-order valence-electron chi connectivity index (χ4n) is 2.31. The summed E-state index contributed by atoms with van der Waals surface area (Å²) in [6.45, 7) is -0.395. The van der Waals surface area contributed by atoms with Crippen molar-refractivity contribution in [3.63, 3.8) is 0 Å². The second-order valence-electron chi connectivity index (χ2n) is 4.76. The summed E-state index contributed by atoms with van der Waals surface area (Å²) in [6.07, 6.45) is -1.28. The Morgan fingerprint density at radius 3 is 2.70 bits per heavy atom. The van der Waals surface area contributed by atoms with Crippen LogP contribution < -0.4 is 5.49 Å². The summed E-state index contributed by atoms with van der Waals surface area (Å²) >= 11 is 0. The van der Waals surface area contributed by atoms with Gasteiger partial charge in [0.15, 0.2) is 17.4 Å². The molecule has 0 amide bonds. The van der Waals surface area contributed by atoms with Gasteiger partial charge in [-0.05, 0) is 0 Å². The molecule has 0 aromatic carbocycles. The lowest BCUT2D eigenvalue weighted by atomic mass is 10.1. The van der Waals surface area contributed by atoms with Crippen molar-refractivity contribution < 1.29 is 20.1 Å². The van der Waals surface area contributed by atoms with E-state index in [9.17, 15) is 10.2 Å². The molecule has 4 atom stereocenters. The summed E-state index contributed by atoms with van der Waals surface area (Å²) in [5.41, 5.74) is 0.927. The molecule has 0 saturated carbocycles. The van der Waals surface area contributed by atoms with Crippen LogP contribution in [0.1, 0.15) is 6.23 Å². The summed E-state index contributed by atoms with van der Waals surface area (Å²) in [6, 6.07) is 0. The molecule has 0 radical (unpaired) electrons. The van der Waals surface area contributed by atoms with Crippen molar-refractivity contribution in [3.05, 3.63) is 18.1 Å². The maximum absolute atomic E-state index is 10.00. The molecule has 4 unspecified atom stereocenters. The SMILES string of the molecule is Cn1cnc2c(ncn2C2OC(CO)C(O)C2O)c1=N. The Kier molecular flexibility index (Phi) is 3.05. The third-order valence-corrected chi connectivity index (χ3v) is 3.49. The normalized spacial score (nSPS) is 30.2. The number of imidazole rings is 1. The number of hydrogen-bond donors (Lipinski definition) is 4. The average Bonchev–Trinajstić information content (AvgIpc) is 2.98. The van der Waals surface area contributed by atoms with Crippen LogP contribution >= 0.6 is 0 Å². The Balaban J connectivity index is 2.08. The summed E-state index contributed by atoms with van der Waals surface area (Å²) < 4.78 is 8.39. The van der Waals surface area contributed by atoms with Crippen LogP contribution in [0.2, 0.25) is 0 Å². The third kappa shape index (κ3) is 1.75. The van der Waals surface area contributed by atoms with Crippen molar-refractivity contribution in [2.45, 2.75) is 24.5 Å². The largest absolute Gasteiger partial charge is 0.394 e. The van der Waals surface area contributed by atoms with Crippen LogP contribution in [0.15, 0.2) is 12.7 Å². The lowest BCUT2D eigenvalue weighted by Gasteiger charge is -2.16. The summed E-state index contributed by atoms with van der Waals surface area (Å²) in [5.74, 6) is 0. The maximum atomic E-state index is 10.00. The Morgan fingerprint density at radius 1 is 1.30 bits per heavy atom. The van der Waals surface area contributed by atoms with Gasteiger partial charge in [0, 0.05) is 7.05 Å². The smallest absolute Gasteiger partial charge is 0.167 e. The van der Waals surface area contributed by atoms with Gasteiger partial charge in [-0.2, -0.15) is 0 Å². The molecule has 1 saturated heterocycles. The molecular formula is C11H15N5O4. The minimum Gasteiger partial charge on any atom is -0.394 e. The summed E-state index contributed by atoms with van der Waals surface area (Å²) in [5, 5.41) is 36.8. The highest BCUT2D eigenvalue weighted by Gasteiger charge is 2.43. The van der Waals surface area contributed by atoms with Crippen molar-refractivity contribution >= 4 is 11.2 Å². The van der Waals surface area contributed by atoms with Crippen molar-refractivity contribution in [1.29, 1.82) is 5.41 Å². The number of hydrogen-bond acceptors (Lipinski definition) is 7. The second-order valence-corrected chi connectivity index (χ2v) is 4.76. The van der Waals surface area contributed by atoms with Gasteiger partial charge in [-0.25, -0.2) is 9.97 Å². The number of aromatic nitrogens is 4. The van der Waals surface area contributed by atoms with E-state index in [1.54, 1.807) is 7.05 Å². The van der Waals surface area contributed by atoms with Crippen LogP contribution in [0.25, 0.3) is 11.2 Å². The first-order chi connectivity index (χ1) is 9.54. The van der Waals surface area contributed by atoms with E-state index in [1.165, 1.54) is 21.8 Å². The number of aryl methyl sites for hydroxylation is 1. The number of rotatable bonds is 2. The minimum absolute atomic E-state index is 0.181. The third-order valence-electron chi connectivity index (χ3n) is 3.49. The van der Waals surface area contributed by atoms with Crippen LogP contribution in [0.5, 0.6) is 0 Å². The molecule has 2 aromatic rings. The van der Waals surface area contributed by atoms with Crippen molar-refractivity contribution in [2.75, 3.05) is 6.61 Å². The van der Waals surface area contributed by atoms with E-state index in [1.807, 2.05) is 0 Å². The molecule has 20 heavy (non-hydrogen) atoms. The van der Waals surface area contributed by atoms with Crippen molar-refractivity contribution in [3.8, 4) is 0 Å². The number of nitrogens with one attached hydrogen (secondary N) is 1. The first-order valence-electron chi connectivity index (χ1n) is 6.09. The van der Waals surface area contributed by atoms with E-state index in [2.05, 4.69) is 9.97 Å². The Labute approximate surface area is 113 Å². The van der Waals surface area contributed by atoms with E-state index in [4.69, 9.17) is 15.3 Å². The van der Waals surface area contributed by atoms with Crippen LogP contribution in [0.4, 0.5) is 0 Å². The van der Waals surface area contributed by atoms with Gasteiger partial charge >= 0.3 is 0 Å². The summed E-state index contributed by atoms with van der Waals surface area (Å²) in [7, 11) is 1.68. The van der Waals surface area contributed by atoms with Gasteiger partial charge < -0.3 is 24.6 Å². The number of aliphatic hydroxyl groups is 3. The summed E-state index contributed by atoms with van der Waals surface area (Å²) in [4.78, 5) is 8.26. The molecule has 1 aliphatic heterocycles. The number of ether oxygens (including phenoxy) is 1. The average molecular weight is 281 g/mol. The van der Waals surface area contributed by atoms with E-state index in [0.29, 0.717) is 11.2 Å². The number of aliphatic hydroxyl groups excluding tert-OH is 3. The van der Waals surface area contributed by atoms with E-state index in [-0.39, 0.29) is 5.49 Å². The van der Waals surface area contributed by atoms with Gasteiger partial charge in [0.1, 0.15) is 23.8 Å². The Bertz CT molecular complexity index is 696. The predicted molar refractivity (Wildman–Crippen MR) is 65.4 cm³/mol. The topological polar surface area (TPSA) is 129 Å².